The number of aromatic nitrogens is 1. The van der Waals surface area contributed by atoms with Crippen molar-refractivity contribution in [3.05, 3.63) is 34.4 Å². The molecule has 4 rings (SSSR count). The van der Waals surface area contributed by atoms with Gasteiger partial charge in [-0.25, -0.2) is 4.79 Å². The number of hydrogen-bond donors (Lipinski definition) is 1. The molecular formula is C25H32BrN3O3. The van der Waals surface area contributed by atoms with E-state index in [9.17, 15) is 9.59 Å². The minimum absolute atomic E-state index is 0.137. The molecule has 1 N–H and O–H groups in total. The molecule has 1 aromatic heterocycles. The monoisotopic (exact) mass is 501 g/mol. The molecule has 2 aliphatic carbocycles. The Morgan fingerprint density at radius 1 is 1.12 bits per heavy atom. The summed E-state index contributed by atoms with van der Waals surface area (Å²) >= 11 is 3.57. The number of pyridine rings is 1. The van der Waals surface area contributed by atoms with E-state index in [1.807, 2.05) is 43.9 Å². The van der Waals surface area contributed by atoms with Crippen molar-refractivity contribution in [1.29, 1.82) is 0 Å². The smallest absolute Gasteiger partial charge is 0.410 e. The Bertz CT molecular complexity index is 1020. The number of carbonyl (C=O) groups is 2. The van der Waals surface area contributed by atoms with Gasteiger partial charge in [0.2, 0.25) is 0 Å². The number of hydrogen-bond acceptors (Lipinski definition) is 5. The van der Waals surface area contributed by atoms with Crippen LogP contribution in [0.2, 0.25) is 0 Å². The number of amides is 1. The first kappa shape index (κ1) is 23.0. The van der Waals surface area contributed by atoms with Gasteiger partial charge in [0.25, 0.3) is 0 Å². The van der Waals surface area contributed by atoms with E-state index in [4.69, 9.17) is 4.74 Å². The molecule has 0 bridgehead atoms. The predicted octanol–water partition coefficient (Wildman–Crippen LogP) is 6.18. The molecule has 1 amide bonds. The Hall–Kier alpha value is -2.15. The molecule has 172 valence electrons. The Kier molecular flexibility index (Phi) is 6.48. The number of anilines is 1. The summed E-state index contributed by atoms with van der Waals surface area (Å²) in [6, 6.07) is 6.38. The summed E-state index contributed by atoms with van der Waals surface area (Å²) in [6.07, 6.45) is 7.03. The van der Waals surface area contributed by atoms with Crippen LogP contribution in [0.15, 0.2) is 28.9 Å². The number of halogens is 1. The highest BCUT2D eigenvalue weighted by atomic mass is 79.9. The summed E-state index contributed by atoms with van der Waals surface area (Å²) in [5, 5.41) is 4.68. The van der Waals surface area contributed by atoms with Gasteiger partial charge < -0.3 is 15.0 Å². The molecular weight excluding hydrogens is 470 g/mol. The van der Waals surface area contributed by atoms with Gasteiger partial charge in [0.1, 0.15) is 0 Å². The zero-order valence-corrected chi connectivity index (χ0v) is 20.9. The minimum Gasteiger partial charge on any atom is -0.453 e. The fourth-order valence-corrected chi connectivity index (χ4v) is 5.19. The standard InChI is InChI=1S/C25H32BrN3O3/c1-25(2,3)29(24(31)32-4)18-10-8-17(9-11-18)28-22-19-13-16(26)7-12-21(19)27-14-20(22)23(30)15-5-6-15/h7,12-15,17-18H,5-6,8-11H2,1-4H3,(H,27,28). The molecule has 0 spiro atoms. The number of nitrogens with one attached hydrogen (secondary N) is 1. The van der Waals surface area contributed by atoms with Gasteiger partial charge in [-0.15, -0.1) is 0 Å². The van der Waals surface area contributed by atoms with E-state index in [2.05, 4.69) is 26.2 Å². The van der Waals surface area contributed by atoms with Crippen molar-refractivity contribution in [1.82, 2.24) is 9.88 Å². The van der Waals surface area contributed by atoms with E-state index < -0.39 is 0 Å². The Morgan fingerprint density at radius 3 is 2.41 bits per heavy atom. The van der Waals surface area contributed by atoms with Gasteiger partial charge in [-0.3, -0.25) is 9.78 Å². The van der Waals surface area contributed by atoms with Crippen molar-refractivity contribution < 1.29 is 14.3 Å². The molecule has 0 unspecified atom stereocenters. The van der Waals surface area contributed by atoms with Gasteiger partial charge in [0.15, 0.2) is 5.78 Å². The molecule has 0 atom stereocenters. The van der Waals surface area contributed by atoms with Crippen LogP contribution in [0, 0.1) is 5.92 Å². The van der Waals surface area contributed by atoms with Gasteiger partial charge in [-0.1, -0.05) is 15.9 Å². The molecule has 2 fully saturated rings. The molecule has 0 radical (unpaired) electrons. The number of nitrogens with zero attached hydrogens (tertiary/aromatic N) is 2. The summed E-state index contributed by atoms with van der Waals surface area (Å²) in [5.41, 5.74) is 2.18. The van der Waals surface area contributed by atoms with E-state index in [-0.39, 0.29) is 35.4 Å². The molecule has 6 nitrogen and oxygen atoms in total. The Labute approximate surface area is 198 Å². The molecule has 32 heavy (non-hydrogen) atoms. The molecule has 2 saturated carbocycles. The minimum atomic E-state index is -0.296. The van der Waals surface area contributed by atoms with Crippen LogP contribution in [0.3, 0.4) is 0 Å². The largest absolute Gasteiger partial charge is 0.453 e. The molecule has 0 saturated heterocycles. The molecule has 2 aromatic rings. The molecule has 0 aliphatic heterocycles. The second-order valence-electron chi connectivity index (χ2n) is 10.0. The first-order valence-electron chi connectivity index (χ1n) is 11.5. The van der Waals surface area contributed by atoms with E-state index in [1.165, 1.54) is 7.11 Å². The van der Waals surface area contributed by atoms with Crippen LogP contribution in [-0.2, 0) is 4.74 Å². The summed E-state index contributed by atoms with van der Waals surface area (Å²) in [4.78, 5) is 31.9. The normalized spacial score (nSPS) is 21.3. The third-order valence-electron chi connectivity index (χ3n) is 6.55. The highest BCUT2D eigenvalue weighted by Gasteiger charge is 2.37. The topological polar surface area (TPSA) is 71.5 Å². The number of ether oxygens (including phenoxy) is 1. The maximum atomic E-state index is 13.0. The number of fused-ring (bicyclic) bond motifs is 1. The highest BCUT2D eigenvalue weighted by Crippen LogP contribution is 2.38. The van der Waals surface area contributed by atoms with Crippen molar-refractivity contribution in [3.63, 3.8) is 0 Å². The van der Waals surface area contributed by atoms with Crippen molar-refractivity contribution in [2.75, 3.05) is 12.4 Å². The fourth-order valence-electron chi connectivity index (χ4n) is 4.82. The Balaban J connectivity index is 1.57. The first-order valence-corrected chi connectivity index (χ1v) is 12.2. The van der Waals surface area contributed by atoms with Crippen LogP contribution in [-0.4, -0.2) is 46.5 Å². The maximum Gasteiger partial charge on any atom is 0.410 e. The van der Waals surface area contributed by atoms with Crippen LogP contribution < -0.4 is 5.32 Å². The molecule has 1 heterocycles. The van der Waals surface area contributed by atoms with Crippen LogP contribution in [0.4, 0.5) is 10.5 Å². The average molecular weight is 502 g/mol. The van der Waals surface area contributed by atoms with Crippen molar-refractivity contribution >= 4 is 44.4 Å². The van der Waals surface area contributed by atoms with Gasteiger partial charge in [-0.2, -0.15) is 0 Å². The van der Waals surface area contributed by atoms with Crippen LogP contribution in [0.5, 0.6) is 0 Å². The molecule has 1 aromatic carbocycles. The number of benzene rings is 1. The zero-order valence-electron chi connectivity index (χ0n) is 19.3. The number of Topliss-reactive ketones (excluding diaryl/α,β-unsaturated/α-hetero) is 1. The van der Waals surface area contributed by atoms with Crippen LogP contribution in [0.25, 0.3) is 10.9 Å². The van der Waals surface area contributed by atoms with Gasteiger partial charge in [0, 0.05) is 39.6 Å². The third kappa shape index (κ3) is 4.77. The van der Waals surface area contributed by atoms with Crippen LogP contribution in [0.1, 0.15) is 69.7 Å². The quantitative estimate of drug-likeness (QED) is 0.495. The van der Waals surface area contributed by atoms with E-state index >= 15 is 0 Å². The summed E-state index contributed by atoms with van der Waals surface area (Å²) in [6.45, 7) is 6.14. The lowest BCUT2D eigenvalue weighted by molar-refractivity contribution is 0.0440. The fraction of sp³-hybridized carbons (Fsp3) is 0.560. The SMILES string of the molecule is COC(=O)N(C1CCC(Nc2c(C(=O)C3CC3)cnc3ccc(Br)cc23)CC1)C(C)(C)C. The predicted molar refractivity (Wildman–Crippen MR) is 130 cm³/mol. The third-order valence-corrected chi connectivity index (χ3v) is 7.04. The van der Waals surface area contributed by atoms with Crippen molar-refractivity contribution in [2.45, 2.75) is 76.9 Å². The van der Waals surface area contributed by atoms with Gasteiger partial charge in [0.05, 0.1) is 23.9 Å². The summed E-state index contributed by atoms with van der Waals surface area (Å²) in [5.74, 6) is 0.332. The van der Waals surface area contributed by atoms with Crippen LogP contribution >= 0.6 is 15.9 Å². The number of carbonyl (C=O) groups excluding carboxylic acids is 2. The van der Waals surface area contributed by atoms with E-state index in [0.717, 1.165) is 59.6 Å². The van der Waals surface area contributed by atoms with E-state index in [1.54, 1.807) is 6.20 Å². The summed E-state index contributed by atoms with van der Waals surface area (Å²) < 4.78 is 6.03. The second-order valence-corrected chi connectivity index (χ2v) is 10.9. The lowest BCUT2D eigenvalue weighted by Gasteiger charge is -2.43. The van der Waals surface area contributed by atoms with Crippen molar-refractivity contribution in [3.8, 4) is 0 Å². The summed E-state index contributed by atoms with van der Waals surface area (Å²) in [7, 11) is 1.44. The Morgan fingerprint density at radius 2 is 1.81 bits per heavy atom. The van der Waals surface area contributed by atoms with Crippen molar-refractivity contribution in [2.24, 2.45) is 5.92 Å². The lowest BCUT2D eigenvalue weighted by Crippen LogP contribution is -2.53. The number of rotatable bonds is 5. The first-order chi connectivity index (χ1) is 15.2. The van der Waals surface area contributed by atoms with Gasteiger partial charge in [-0.05, 0) is 77.5 Å². The lowest BCUT2D eigenvalue weighted by atomic mass is 9.87. The van der Waals surface area contributed by atoms with E-state index in [0.29, 0.717) is 5.56 Å². The highest BCUT2D eigenvalue weighted by molar-refractivity contribution is 9.10. The number of ketones is 1. The molecule has 2 aliphatic rings. The molecule has 7 heteroatoms. The second kappa shape index (κ2) is 9.00. The average Bonchev–Trinajstić information content (AvgIpc) is 3.59. The zero-order chi connectivity index (χ0) is 23.0. The van der Waals surface area contributed by atoms with Gasteiger partial charge >= 0.3 is 6.09 Å². The number of methoxy groups -OCH3 is 1. The maximum absolute atomic E-state index is 13.0.